The number of benzene rings is 1. The van der Waals surface area contributed by atoms with Crippen molar-refractivity contribution in [3.05, 3.63) is 60.4 Å². The van der Waals surface area contributed by atoms with Crippen molar-refractivity contribution < 1.29 is 0 Å². The molecule has 0 unspecified atom stereocenters. The van der Waals surface area contributed by atoms with Gasteiger partial charge in [0.25, 0.3) is 0 Å². The Kier molecular flexibility index (Phi) is 3.60. The van der Waals surface area contributed by atoms with Crippen LogP contribution in [-0.2, 0) is 6.54 Å². The minimum atomic E-state index is 0.535. The zero-order chi connectivity index (χ0) is 11.1. The van der Waals surface area contributed by atoms with Gasteiger partial charge < -0.3 is 0 Å². The summed E-state index contributed by atoms with van der Waals surface area (Å²) in [4.78, 5) is 4.00. The van der Waals surface area contributed by atoms with Gasteiger partial charge in [0.15, 0.2) is 0 Å². The Morgan fingerprint density at radius 3 is 2.69 bits per heavy atom. The molecule has 0 fully saturated rings. The van der Waals surface area contributed by atoms with Crippen molar-refractivity contribution in [2.75, 3.05) is 5.43 Å². The minimum Gasteiger partial charge on any atom is -0.264 e. The quantitative estimate of drug-likeness (QED) is 0.625. The van der Waals surface area contributed by atoms with E-state index in [-0.39, 0.29) is 0 Å². The van der Waals surface area contributed by atoms with Crippen molar-refractivity contribution in [3.63, 3.8) is 0 Å². The Balaban J connectivity index is 1.83. The number of nitrogens with zero attached hydrogens (tertiary/aromatic N) is 3. The van der Waals surface area contributed by atoms with Crippen molar-refractivity contribution in [2.45, 2.75) is 6.54 Å². The number of hydrogen-bond donors (Lipinski definition) is 1. The Labute approximate surface area is 94.0 Å². The van der Waals surface area contributed by atoms with Crippen LogP contribution in [0.25, 0.3) is 0 Å². The van der Waals surface area contributed by atoms with E-state index < -0.39 is 0 Å². The van der Waals surface area contributed by atoms with Gasteiger partial charge in [0, 0.05) is 12.4 Å². The molecule has 0 radical (unpaired) electrons. The highest BCUT2D eigenvalue weighted by Crippen LogP contribution is 2.05. The van der Waals surface area contributed by atoms with Gasteiger partial charge in [-0.25, -0.2) is 0 Å². The van der Waals surface area contributed by atoms with E-state index in [1.807, 2.05) is 42.5 Å². The molecule has 0 aliphatic rings. The summed E-state index contributed by atoms with van der Waals surface area (Å²) in [5, 5.41) is 7.89. The first-order valence-corrected chi connectivity index (χ1v) is 5.01. The highest BCUT2D eigenvalue weighted by Gasteiger charge is 1.88. The van der Waals surface area contributed by atoms with E-state index in [4.69, 9.17) is 0 Å². The van der Waals surface area contributed by atoms with Crippen LogP contribution in [0.4, 0.5) is 5.69 Å². The number of aromatic nitrogens is 1. The second kappa shape index (κ2) is 5.60. The number of anilines is 1. The lowest BCUT2D eigenvalue weighted by molar-refractivity contribution is 0.918. The van der Waals surface area contributed by atoms with Crippen LogP contribution in [0.15, 0.2) is 65.2 Å². The summed E-state index contributed by atoms with van der Waals surface area (Å²) in [6, 6.07) is 13.6. The van der Waals surface area contributed by atoms with E-state index in [2.05, 4.69) is 20.7 Å². The molecule has 1 N–H and O–H groups in total. The minimum absolute atomic E-state index is 0.535. The Hall–Kier alpha value is -2.23. The first kappa shape index (κ1) is 10.3. The first-order chi connectivity index (χ1) is 7.95. The summed E-state index contributed by atoms with van der Waals surface area (Å²) < 4.78 is 0. The smallest absolute Gasteiger partial charge is 0.0885 e. The van der Waals surface area contributed by atoms with Gasteiger partial charge >= 0.3 is 0 Å². The van der Waals surface area contributed by atoms with E-state index in [0.717, 1.165) is 11.3 Å². The molecule has 1 aromatic heterocycles. The van der Waals surface area contributed by atoms with Gasteiger partial charge in [-0.15, -0.1) is 0 Å². The largest absolute Gasteiger partial charge is 0.264 e. The normalized spacial score (nSPS) is 10.5. The summed E-state index contributed by atoms with van der Waals surface area (Å²) in [6.07, 6.45) is 3.52. The van der Waals surface area contributed by atoms with Crippen LogP contribution in [0.2, 0.25) is 0 Å². The summed E-state index contributed by atoms with van der Waals surface area (Å²) in [5.41, 5.74) is 4.82. The summed E-state index contributed by atoms with van der Waals surface area (Å²) in [6.45, 7) is 0.535. The molecule has 2 rings (SSSR count). The number of rotatable bonds is 4. The Bertz CT molecular complexity index is 396. The highest BCUT2D eigenvalue weighted by atomic mass is 15.4. The number of nitrogens with one attached hydrogen (secondary N) is 1. The predicted octanol–water partition coefficient (Wildman–Crippen LogP) is 3.06. The van der Waals surface area contributed by atoms with Gasteiger partial charge in [-0.2, -0.15) is 5.11 Å². The van der Waals surface area contributed by atoms with Gasteiger partial charge in [0.2, 0.25) is 0 Å². The van der Waals surface area contributed by atoms with Crippen LogP contribution < -0.4 is 5.43 Å². The van der Waals surface area contributed by atoms with E-state index >= 15 is 0 Å². The molecule has 1 aromatic carbocycles. The number of para-hydroxylation sites is 1. The highest BCUT2D eigenvalue weighted by molar-refractivity contribution is 5.41. The topological polar surface area (TPSA) is 49.6 Å². The lowest BCUT2D eigenvalue weighted by atomic mass is 10.3. The van der Waals surface area contributed by atoms with Crippen molar-refractivity contribution in [1.82, 2.24) is 4.98 Å². The second-order valence-corrected chi connectivity index (χ2v) is 3.24. The molecule has 0 aliphatic heterocycles. The molecule has 4 heteroatoms. The maximum absolute atomic E-state index is 4.01. The molecule has 1 heterocycles. The third kappa shape index (κ3) is 3.16. The van der Waals surface area contributed by atoms with Gasteiger partial charge in [-0.1, -0.05) is 29.5 Å². The molecule has 0 bridgehead atoms. The monoisotopic (exact) mass is 212 g/mol. The third-order valence-electron chi connectivity index (χ3n) is 2.00. The van der Waals surface area contributed by atoms with Crippen molar-refractivity contribution in [3.8, 4) is 0 Å². The molecular formula is C12H12N4. The summed E-state index contributed by atoms with van der Waals surface area (Å²) in [5.74, 6) is 0. The molecule has 0 saturated heterocycles. The Morgan fingerprint density at radius 1 is 1.06 bits per heavy atom. The zero-order valence-electron chi connectivity index (χ0n) is 8.74. The maximum atomic E-state index is 4.01. The molecule has 4 nitrogen and oxygen atoms in total. The van der Waals surface area contributed by atoms with E-state index in [1.54, 1.807) is 12.4 Å². The lowest BCUT2D eigenvalue weighted by Gasteiger charge is -1.97. The summed E-state index contributed by atoms with van der Waals surface area (Å²) >= 11 is 0. The van der Waals surface area contributed by atoms with Crippen LogP contribution >= 0.6 is 0 Å². The van der Waals surface area contributed by atoms with E-state index in [1.165, 1.54) is 0 Å². The molecule has 2 aromatic rings. The molecular weight excluding hydrogens is 200 g/mol. The van der Waals surface area contributed by atoms with Crippen LogP contribution in [0.1, 0.15) is 5.56 Å². The first-order valence-electron chi connectivity index (χ1n) is 5.01. The van der Waals surface area contributed by atoms with Crippen LogP contribution in [-0.4, -0.2) is 4.98 Å². The van der Waals surface area contributed by atoms with Crippen molar-refractivity contribution >= 4 is 5.69 Å². The average molecular weight is 212 g/mol. The molecule has 0 saturated carbocycles. The fourth-order valence-corrected chi connectivity index (χ4v) is 1.21. The molecule has 0 spiro atoms. The number of hydrogen-bond acceptors (Lipinski definition) is 3. The zero-order valence-corrected chi connectivity index (χ0v) is 8.74. The fraction of sp³-hybridized carbons (Fsp3) is 0.0833. The van der Waals surface area contributed by atoms with Crippen molar-refractivity contribution in [2.24, 2.45) is 10.3 Å². The fourth-order valence-electron chi connectivity index (χ4n) is 1.21. The van der Waals surface area contributed by atoms with Crippen LogP contribution in [0.3, 0.4) is 0 Å². The molecule has 80 valence electrons. The van der Waals surface area contributed by atoms with Crippen molar-refractivity contribution in [1.29, 1.82) is 0 Å². The molecule has 0 amide bonds. The van der Waals surface area contributed by atoms with Crippen LogP contribution in [0.5, 0.6) is 0 Å². The third-order valence-corrected chi connectivity index (χ3v) is 2.00. The standard InChI is InChI=1S/C12H12N4/c1-2-6-12(7-3-1)15-16-14-10-11-5-4-8-13-9-11/h1-9H,10H2,(H,14,15). The van der Waals surface area contributed by atoms with E-state index in [0.29, 0.717) is 6.54 Å². The molecule has 0 aliphatic carbocycles. The lowest BCUT2D eigenvalue weighted by Crippen LogP contribution is -1.87. The van der Waals surface area contributed by atoms with Crippen LogP contribution in [0, 0.1) is 0 Å². The number of pyridine rings is 1. The van der Waals surface area contributed by atoms with Gasteiger partial charge in [0.05, 0.1) is 12.2 Å². The van der Waals surface area contributed by atoms with Gasteiger partial charge in [-0.3, -0.25) is 10.4 Å². The van der Waals surface area contributed by atoms with Gasteiger partial charge in [0.1, 0.15) is 0 Å². The summed E-state index contributed by atoms with van der Waals surface area (Å²) in [7, 11) is 0. The van der Waals surface area contributed by atoms with Gasteiger partial charge in [-0.05, 0) is 23.8 Å². The predicted molar refractivity (Wildman–Crippen MR) is 62.9 cm³/mol. The Morgan fingerprint density at radius 2 is 1.94 bits per heavy atom. The average Bonchev–Trinajstić information content (AvgIpc) is 2.37. The molecule has 16 heavy (non-hydrogen) atoms. The second-order valence-electron chi connectivity index (χ2n) is 3.24. The van der Waals surface area contributed by atoms with E-state index in [9.17, 15) is 0 Å². The molecule has 0 atom stereocenters. The maximum Gasteiger partial charge on any atom is 0.0885 e. The SMILES string of the molecule is c1ccc(NN=NCc2cccnc2)cc1.